The molecule has 0 amide bonds. The number of nitriles is 1. The second-order valence-corrected chi connectivity index (χ2v) is 6.10. The molecule has 3 nitrogen and oxygen atoms in total. The van der Waals surface area contributed by atoms with Crippen LogP contribution in [-0.4, -0.2) is 31.1 Å². The van der Waals surface area contributed by atoms with Gasteiger partial charge in [0.25, 0.3) is 0 Å². The number of piperazine rings is 1. The molecule has 0 spiro atoms. The maximum Gasteiger partial charge on any atom is 0.0641 e. The zero-order valence-corrected chi connectivity index (χ0v) is 15.6. The molecule has 1 aliphatic heterocycles. The van der Waals surface area contributed by atoms with Crippen LogP contribution in [0.25, 0.3) is 0 Å². The van der Waals surface area contributed by atoms with E-state index in [9.17, 15) is 0 Å². The monoisotopic (exact) mass is 443 g/mol. The lowest BCUT2D eigenvalue weighted by Gasteiger charge is -2.34. The van der Waals surface area contributed by atoms with E-state index in [-0.39, 0.29) is 30.9 Å². The van der Waals surface area contributed by atoms with Crippen molar-refractivity contribution in [3.05, 3.63) is 32.7 Å². The lowest BCUT2D eigenvalue weighted by Crippen LogP contribution is -2.45. The van der Waals surface area contributed by atoms with E-state index in [1.54, 1.807) is 0 Å². The van der Waals surface area contributed by atoms with Crippen molar-refractivity contribution in [3.8, 4) is 6.07 Å². The van der Waals surface area contributed by atoms with Crippen LogP contribution in [0.2, 0.25) is 0 Å². The first-order chi connectivity index (χ1) is 8.72. The molecule has 7 heteroatoms. The maximum absolute atomic E-state index is 9.07. The van der Waals surface area contributed by atoms with Gasteiger partial charge < -0.3 is 5.32 Å². The van der Waals surface area contributed by atoms with Gasteiger partial charge in [0.05, 0.1) is 12.5 Å². The number of rotatable bonds is 3. The Hall–Kier alpha value is 0.170. The van der Waals surface area contributed by atoms with E-state index in [1.165, 1.54) is 5.56 Å². The van der Waals surface area contributed by atoms with Crippen LogP contribution in [0.15, 0.2) is 27.1 Å². The van der Waals surface area contributed by atoms with Crippen LogP contribution < -0.4 is 5.32 Å². The van der Waals surface area contributed by atoms with E-state index in [2.05, 4.69) is 54.2 Å². The van der Waals surface area contributed by atoms with Crippen molar-refractivity contribution in [3.63, 3.8) is 0 Å². The molecule has 112 valence electrons. The van der Waals surface area contributed by atoms with Gasteiger partial charge in [-0.15, -0.1) is 24.8 Å². The van der Waals surface area contributed by atoms with Crippen molar-refractivity contribution in [2.75, 3.05) is 26.2 Å². The summed E-state index contributed by atoms with van der Waals surface area (Å²) in [7, 11) is 0. The molecule has 0 aliphatic carbocycles. The quantitative estimate of drug-likeness (QED) is 0.766. The number of halogens is 4. The van der Waals surface area contributed by atoms with Gasteiger partial charge in [-0.3, -0.25) is 4.90 Å². The highest BCUT2D eigenvalue weighted by molar-refractivity contribution is 9.11. The lowest BCUT2D eigenvalue weighted by molar-refractivity contribution is 0.175. The molecule has 0 aromatic heterocycles. The van der Waals surface area contributed by atoms with Gasteiger partial charge in [0.1, 0.15) is 0 Å². The van der Waals surface area contributed by atoms with Crippen molar-refractivity contribution in [1.29, 1.82) is 5.26 Å². The highest BCUT2D eigenvalue weighted by Gasteiger charge is 2.23. The number of hydrogen-bond acceptors (Lipinski definition) is 3. The Balaban J connectivity index is 0.00000180. The van der Waals surface area contributed by atoms with Crippen molar-refractivity contribution < 1.29 is 0 Å². The molecule has 1 fully saturated rings. The van der Waals surface area contributed by atoms with E-state index in [0.717, 1.165) is 35.1 Å². The fourth-order valence-corrected chi connectivity index (χ4v) is 3.18. The van der Waals surface area contributed by atoms with E-state index in [0.29, 0.717) is 6.42 Å². The minimum atomic E-state index is 0. The molecular weight excluding hydrogens is 429 g/mol. The minimum absolute atomic E-state index is 0. The summed E-state index contributed by atoms with van der Waals surface area (Å²) in [6, 6.07) is 8.63. The average Bonchev–Trinajstić information content (AvgIpc) is 2.40. The number of nitrogens with zero attached hydrogens (tertiary/aromatic N) is 2. The minimum Gasteiger partial charge on any atom is -0.314 e. The molecule has 1 saturated heterocycles. The molecule has 0 radical (unpaired) electrons. The second-order valence-electron chi connectivity index (χ2n) is 4.33. The highest BCUT2D eigenvalue weighted by Crippen LogP contribution is 2.32. The van der Waals surface area contributed by atoms with Gasteiger partial charge in [-0.05, 0) is 23.8 Å². The fraction of sp³-hybridized carbons (Fsp3) is 0.462. The fourth-order valence-electron chi connectivity index (χ4n) is 2.29. The molecule has 1 aromatic carbocycles. The summed E-state index contributed by atoms with van der Waals surface area (Å²) in [6.45, 7) is 3.97. The summed E-state index contributed by atoms with van der Waals surface area (Å²) in [5, 5.41) is 12.4. The predicted molar refractivity (Wildman–Crippen MR) is 93.8 cm³/mol. The van der Waals surface area contributed by atoms with Crippen LogP contribution in [0, 0.1) is 11.3 Å². The topological polar surface area (TPSA) is 39.1 Å². The highest BCUT2D eigenvalue weighted by atomic mass is 79.9. The van der Waals surface area contributed by atoms with Crippen LogP contribution in [0.3, 0.4) is 0 Å². The van der Waals surface area contributed by atoms with Gasteiger partial charge in [-0.1, -0.05) is 31.9 Å². The van der Waals surface area contributed by atoms with Crippen molar-refractivity contribution in [1.82, 2.24) is 10.2 Å². The third-order valence-corrected chi connectivity index (χ3v) is 4.41. The van der Waals surface area contributed by atoms with Gasteiger partial charge in [-0.25, -0.2) is 0 Å². The van der Waals surface area contributed by atoms with Gasteiger partial charge in [0, 0.05) is 41.2 Å². The van der Waals surface area contributed by atoms with E-state index in [1.807, 2.05) is 12.1 Å². The molecule has 1 aromatic rings. The Morgan fingerprint density at radius 1 is 1.25 bits per heavy atom. The molecule has 0 bridgehead atoms. The summed E-state index contributed by atoms with van der Waals surface area (Å²) in [5.74, 6) is 0. The Morgan fingerprint density at radius 2 is 1.90 bits per heavy atom. The third-order valence-electron chi connectivity index (χ3n) is 3.19. The first kappa shape index (κ1) is 20.2. The lowest BCUT2D eigenvalue weighted by atomic mass is 10.0. The van der Waals surface area contributed by atoms with E-state index >= 15 is 0 Å². The SMILES string of the molecule is Cl.Cl.N#CC[C@H](c1cc(Br)ccc1Br)N1CCNCC1. The molecule has 2 rings (SSSR count). The summed E-state index contributed by atoms with van der Waals surface area (Å²) in [4.78, 5) is 2.38. The van der Waals surface area contributed by atoms with Crippen LogP contribution in [0.4, 0.5) is 0 Å². The van der Waals surface area contributed by atoms with Gasteiger partial charge in [-0.2, -0.15) is 5.26 Å². The summed E-state index contributed by atoms with van der Waals surface area (Å²) >= 11 is 7.10. The van der Waals surface area contributed by atoms with Crippen LogP contribution in [0.5, 0.6) is 0 Å². The van der Waals surface area contributed by atoms with Gasteiger partial charge >= 0.3 is 0 Å². The van der Waals surface area contributed by atoms with E-state index < -0.39 is 0 Å². The standard InChI is InChI=1S/C13H15Br2N3.2ClH/c14-10-1-2-12(15)11(9-10)13(3-4-16)18-7-5-17-6-8-18;;/h1-2,9,13,17H,3,5-8H2;2*1H/t13-;;/m1../s1. The Morgan fingerprint density at radius 3 is 2.50 bits per heavy atom. The van der Waals surface area contributed by atoms with Crippen LogP contribution >= 0.6 is 56.7 Å². The van der Waals surface area contributed by atoms with Crippen molar-refractivity contribution in [2.45, 2.75) is 12.5 Å². The van der Waals surface area contributed by atoms with Crippen LogP contribution in [0.1, 0.15) is 18.0 Å². The maximum atomic E-state index is 9.07. The zero-order valence-electron chi connectivity index (χ0n) is 10.8. The molecule has 1 heterocycles. The average molecular weight is 446 g/mol. The molecular formula is C13H17Br2Cl2N3. The molecule has 1 aliphatic rings. The van der Waals surface area contributed by atoms with Gasteiger partial charge in [0.15, 0.2) is 0 Å². The summed E-state index contributed by atoms with van der Waals surface area (Å²) in [6.07, 6.45) is 0.523. The Bertz CT molecular complexity index is 459. The first-order valence-electron chi connectivity index (χ1n) is 5.99. The smallest absolute Gasteiger partial charge is 0.0641 e. The second kappa shape index (κ2) is 9.99. The zero-order chi connectivity index (χ0) is 13.0. The van der Waals surface area contributed by atoms with E-state index in [4.69, 9.17) is 5.26 Å². The van der Waals surface area contributed by atoms with Gasteiger partial charge in [0.2, 0.25) is 0 Å². The molecule has 1 atom stereocenters. The molecule has 20 heavy (non-hydrogen) atoms. The summed E-state index contributed by atoms with van der Waals surface area (Å²) < 4.78 is 2.13. The summed E-state index contributed by atoms with van der Waals surface area (Å²) in [5.41, 5.74) is 1.19. The Kier molecular flexibility index (Phi) is 10.1. The first-order valence-corrected chi connectivity index (χ1v) is 7.57. The largest absolute Gasteiger partial charge is 0.314 e. The number of nitrogens with one attached hydrogen (secondary N) is 1. The van der Waals surface area contributed by atoms with Crippen LogP contribution in [-0.2, 0) is 0 Å². The third kappa shape index (κ3) is 5.18. The Labute approximate surface area is 149 Å². The molecule has 0 saturated carbocycles. The number of benzene rings is 1. The normalized spacial score (nSPS) is 16.4. The van der Waals surface area contributed by atoms with Crippen molar-refractivity contribution in [2.24, 2.45) is 0 Å². The number of hydrogen-bond donors (Lipinski definition) is 1. The molecule has 0 unspecified atom stereocenters. The van der Waals surface area contributed by atoms with Crippen molar-refractivity contribution >= 4 is 56.7 Å². The molecule has 1 N–H and O–H groups in total. The predicted octanol–water partition coefficient (Wildman–Crippen LogP) is 3.92.